The number of aliphatic hydroxyl groups is 4. The topological polar surface area (TPSA) is 158 Å². The van der Waals surface area contributed by atoms with Crippen LogP contribution in [0.3, 0.4) is 0 Å². The summed E-state index contributed by atoms with van der Waals surface area (Å²) in [6.45, 7) is 4.62. The number of ether oxygens (including phenoxy) is 2. The first-order chi connectivity index (χ1) is 12.0. The summed E-state index contributed by atoms with van der Waals surface area (Å²) >= 11 is 0. The van der Waals surface area contributed by atoms with Gasteiger partial charge >= 0.3 is 12.1 Å². The maximum atomic E-state index is 11.9. The number of aliphatic hydroxyl groups excluding tert-OH is 4. The van der Waals surface area contributed by atoms with Crippen molar-refractivity contribution in [1.82, 2.24) is 10.6 Å². The molecular formula is C16H30N2O8. The number of hydrogen-bond donors (Lipinski definition) is 6. The molecule has 10 nitrogen and oxygen atoms in total. The lowest BCUT2D eigenvalue weighted by Crippen LogP contribution is -2.66. The highest BCUT2D eigenvalue weighted by atomic mass is 16.6. The lowest BCUT2D eigenvalue weighted by molar-refractivity contribution is -0.144. The third kappa shape index (κ3) is 6.36. The molecule has 152 valence electrons. The molecule has 0 bridgehead atoms. The Morgan fingerprint density at radius 3 is 2.19 bits per heavy atom. The Morgan fingerprint density at radius 2 is 1.69 bits per heavy atom. The molecule has 0 aromatic heterocycles. The van der Waals surface area contributed by atoms with E-state index in [9.17, 15) is 30.0 Å². The molecule has 26 heavy (non-hydrogen) atoms. The molecule has 1 saturated heterocycles. The molecular weight excluding hydrogens is 348 g/mol. The largest absolute Gasteiger partial charge is 0.467 e. The second-order valence-corrected chi connectivity index (χ2v) is 7.33. The first-order valence-corrected chi connectivity index (χ1v) is 8.48. The lowest BCUT2D eigenvalue weighted by Gasteiger charge is -2.41. The molecule has 0 radical (unpaired) electrons. The summed E-state index contributed by atoms with van der Waals surface area (Å²) in [4.78, 5) is 23.8. The van der Waals surface area contributed by atoms with Gasteiger partial charge in [0.1, 0.15) is 17.7 Å². The molecule has 10 heteroatoms. The van der Waals surface area contributed by atoms with Gasteiger partial charge in [0.2, 0.25) is 0 Å². The Labute approximate surface area is 152 Å². The first-order valence-electron chi connectivity index (χ1n) is 8.48. The Hall–Kier alpha value is -1.46. The van der Waals surface area contributed by atoms with Crippen LogP contribution in [0, 0.1) is 0 Å². The summed E-state index contributed by atoms with van der Waals surface area (Å²) in [6, 6.07) is -2.52. The fourth-order valence-corrected chi connectivity index (χ4v) is 2.75. The van der Waals surface area contributed by atoms with E-state index >= 15 is 0 Å². The summed E-state index contributed by atoms with van der Waals surface area (Å²) in [5.41, 5.74) is -0.736. The standard InChI is InChI=1S/C16H30N2O8/c1-16(2,3)26-15(24)18-9(14(23)25-4)6-5-8-11(20)13(22)12(21)10(7-19)17-8/h8-13,17,19-22H,5-7H2,1-4H3,(H,18,24)/t8-,9+,10-,11+,12-,13-/m1/s1. The number of piperidine rings is 1. The van der Waals surface area contributed by atoms with Gasteiger partial charge in [-0.3, -0.25) is 0 Å². The van der Waals surface area contributed by atoms with Gasteiger partial charge in [-0.1, -0.05) is 0 Å². The minimum atomic E-state index is -1.44. The summed E-state index contributed by atoms with van der Waals surface area (Å²) in [7, 11) is 1.18. The van der Waals surface area contributed by atoms with Crippen molar-refractivity contribution in [2.24, 2.45) is 0 Å². The number of amides is 1. The van der Waals surface area contributed by atoms with E-state index in [1.165, 1.54) is 7.11 Å². The molecule has 0 spiro atoms. The highest BCUT2D eigenvalue weighted by molar-refractivity contribution is 5.81. The summed E-state index contributed by atoms with van der Waals surface area (Å²) < 4.78 is 9.78. The molecule has 0 saturated carbocycles. The average Bonchev–Trinajstić information content (AvgIpc) is 2.55. The molecule has 6 atom stereocenters. The predicted molar refractivity (Wildman–Crippen MR) is 90.2 cm³/mol. The van der Waals surface area contributed by atoms with Crippen LogP contribution in [-0.4, -0.2) is 88.2 Å². The molecule has 1 rings (SSSR count). The molecule has 1 aliphatic rings. The third-order valence-electron chi connectivity index (χ3n) is 4.09. The number of rotatable bonds is 6. The molecule has 0 aromatic carbocycles. The van der Waals surface area contributed by atoms with E-state index in [0.717, 1.165) is 0 Å². The molecule has 0 aliphatic carbocycles. The minimum absolute atomic E-state index is 0.0849. The van der Waals surface area contributed by atoms with Crippen LogP contribution in [0.4, 0.5) is 4.79 Å². The maximum Gasteiger partial charge on any atom is 0.408 e. The van der Waals surface area contributed by atoms with Crippen molar-refractivity contribution in [1.29, 1.82) is 0 Å². The number of carbonyl (C=O) groups is 2. The van der Waals surface area contributed by atoms with Crippen molar-refractivity contribution in [3.8, 4) is 0 Å². The summed E-state index contributed by atoms with van der Waals surface area (Å²) in [5, 5.41) is 44.2. The quantitative estimate of drug-likeness (QED) is 0.295. The number of hydrogen-bond acceptors (Lipinski definition) is 9. The number of carbonyl (C=O) groups excluding carboxylic acids is 2. The molecule has 0 unspecified atom stereocenters. The van der Waals surface area contributed by atoms with Gasteiger partial charge < -0.3 is 40.5 Å². The average molecular weight is 378 g/mol. The number of methoxy groups -OCH3 is 1. The van der Waals surface area contributed by atoms with Crippen LogP contribution < -0.4 is 10.6 Å². The second-order valence-electron chi connectivity index (χ2n) is 7.33. The van der Waals surface area contributed by atoms with Crippen molar-refractivity contribution < 1.29 is 39.5 Å². The highest BCUT2D eigenvalue weighted by Gasteiger charge is 2.42. The monoisotopic (exact) mass is 378 g/mol. The molecule has 1 amide bonds. The Kier molecular flexibility index (Phi) is 8.22. The van der Waals surface area contributed by atoms with E-state index < -0.39 is 60.7 Å². The smallest absolute Gasteiger partial charge is 0.408 e. The SMILES string of the molecule is COC(=O)[C@H](CC[C@H]1N[C@H](CO)[C@@H](O)[C@H](O)[C@H]1O)NC(=O)OC(C)(C)C. The van der Waals surface area contributed by atoms with Gasteiger partial charge in [-0.2, -0.15) is 0 Å². The lowest BCUT2D eigenvalue weighted by atomic mass is 9.87. The van der Waals surface area contributed by atoms with Crippen LogP contribution >= 0.6 is 0 Å². The van der Waals surface area contributed by atoms with E-state index in [1.54, 1.807) is 20.8 Å². The van der Waals surface area contributed by atoms with Crippen LogP contribution in [0.1, 0.15) is 33.6 Å². The summed E-state index contributed by atoms with van der Waals surface area (Å²) in [6.07, 6.45) is -4.59. The normalized spacial score (nSPS) is 30.4. The van der Waals surface area contributed by atoms with Gasteiger partial charge in [0, 0.05) is 6.04 Å². The van der Waals surface area contributed by atoms with E-state index in [0.29, 0.717) is 0 Å². The van der Waals surface area contributed by atoms with Crippen LogP contribution in [0.15, 0.2) is 0 Å². The van der Waals surface area contributed by atoms with E-state index in [2.05, 4.69) is 15.4 Å². The fourth-order valence-electron chi connectivity index (χ4n) is 2.75. The van der Waals surface area contributed by atoms with Crippen molar-refractivity contribution in [2.75, 3.05) is 13.7 Å². The Balaban J connectivity index is 2.71. The molecule has 1 heterocycles. The van der Waals surface area contributed by atoms with Gasteiger partial charge in [-0.25, -0.2) is 9.59 Å². The molecule has 1 fully saturated rings. The zero-order valence-corrected chi connectivity index (χ0v) is 15.5. The van der Waals surface area contributed by atoms with Gasteiger partial charge in [-0.15, -0.1) is 0 Å². The Morgan fingerprint density at radius 1 is 1.12 bits per heavy atom. The van der Waals surface area contributed by atoms with Gasteiger partial charge in [0.25, 0.3) is 0 Å². The Bertz CT molecular complexity index is 479. The van der Waals surface area contributed by atoms with Crippen molar-refractivity contribution >= 4 is 12.1 Å². The minimum Gasteiger partial charge on any atom is -0.467 e. The maximum absolute atomic E-state index is 11.9. The second kappa shape index (κ2) is 9.47. The highest BCUT2D eigenvalue weighted by Crippen LogP contribution is 2.19. The third-order valence-corrected chi connectivity index (χ3v) is 4.09. The van der Waals surface area contributed by atoms with Crippen LogP contribution in [0.2, 0.25) is 0 Å². The molecule has 1 aliphatic heterocycles. The van der Waals surface area contributed by atoms with Crippen LogP contribution in [0.25, 0.3) is 0 Å². The van der Waals surface area contributed by atoms with Crippen molar-refractivity contribution in [2.45, 2.75) is 75.7 Å². The molecule has 6 N–H and O–H groups in total. The van der Waals surface area contributed by atoms with Crippen molar-refractivity contribution in [3.63, 3.8) is 0 Å². The van der Waals surface area contributed by atoms with Gasteiger partial charge in [0.15, 0.2) is 0 Å². The zero-order chi connectivity index (χ0) is 20.1. The predicted octanol–water partition coefficient (Wildman–Crippen LogP) is -1.75. The zero-order valence-electron chi connectivity index (χ0n) is 15.5. The molecule has 0 aromatic rings. The van der Waals surface area contributed by atoms with Gasteiger partial charge in [0.05, 0.1) is 32.0 Å². The van der Waals surface area contributed by atoms with E-state index in [-0.39, 0.29) is 12.8 Å². The number of esters is 1. The number of alkyl carbamates (subject to hydrolysis) is 1. The van der Waals surface area contributed by atoms with E-state index in [1.807, 2.05) is 0 Å². The fraction of sp³-hybridized carbons (Fsp3) is 0.875. The number of nitrogens with one attached hydrogen (secondary N) is 2. The van der Waals surface area contributed by atoms with Gasteiger partial charge in [-0.05, 0) is 33.6 Å². The first kappa shape index (κ1) is 22.6. The van der Waals surface area contributed by atoms with Crippen molar-refractivity contribution in [3.05, 3.63) is 0 Å². The van der Waals surface area contributed by atoms with Crippen LogP contribution in [0.5, 0.6) is 0 Å². The van der Waals surface area contributed by atoms with Crippen LogP contribution in [-0.2, 0) is 14.3 Å². The summed E-state index contributed by atoms with van der Waals surface area (Å²) in [5.74, 6) is -0.680. The van der Waals surface area contributed by atoms with E-state index in [4.69, 9.17) is 4.74 Å².